The van der Waals surface area contributed by atoms with E-state index in [2.05, 4.69) is 17.4 Å². The number of imide groups is 1. The summed E-state index contributed by atoms with van der Waals surface area (Å²) in [5.74, 6) is -1.13. The Morgan fingerprint density at radius 2 is 1.60 bits per heavy atom. The number of carbonyl (C=O) groups is 3. The monoisotopic (exact) mass is 485 g/mol. The molecule has 35 heavy (non-hydrogen) atoms. The third kappa shape index (κ3) is 4.21. The first-order chi connectivity index (χ1) is 16.8. The molecule has 2 heterocycles. The van der Waals surface area contributed by atoms with Crippen molar-refractivity contribution >= 4 is 40.7 Å². The van der Waals surface area contributed by atoms with Crippen molar-refractivity contribution in [3.8, 4) is 0 Å². The topological polar surface area (TPSA) is 69.7 Å². The van der Waals surface area contributed by atoms with Crippen LogP contribution in [0.15, 0.2) is 77.5 Å². The zero-order valence-electron chi connectivity index (χ0n) is 19.5. The van der Waals surface area contributed by atoms with Gasteiger partial charge in [0.15, 0.2) is 0 Å². The second-order valence-electron chi connectivity index (χ2n) is 8.85. The van der Waals surface area contributed by atoms with Crippen molar-refractivity contribution in [1.82, 2.24) is 4.90 Å². The van der Waals surface area contributed by atoms with E-state index in [1.165, 1.54) is 11.1 Å². The molecule has 2 aliphatic rings. The van der Waals surface area contributed by atoms with Gasteiger partial charge in [0, 0.05) is 24.3 Å². The van der Waals surface area contributed by atoms with Crippen LogP contribution in [0.4, 0.5) is 11.4 Å². The Morgan fingerprint density at radius 1 is 0.886 bits per heavy atom. The summed E-state index contributed by atoms with van der Waals surface area (Å²) in [4.78, 5) is 41.7. The lowest BCUT2D eigenvalue weighted by atomic mass is 9.99. The normalized spacial score (nSPS) is 15.5. The van der Waals surface area contributed by atoms with Crippen LogP contribution in [0.2, 0.25) is 0 Å². The van der Waals surface area contributed by atoms with Gasteiger partial charge in [0.1, 0.15) is 10.7 Å². The number of benzene rings is 3. The minimum Gasteiger partial charge on any atom is -0.350 e. The highest BCUT2D eigenvalue weighted by molar-refractivity contribution is 6.53. The lowest BCUT2D eigenvalue weighted by Crippen LogP contribution is -2.35. The Bertz CT molecular complexity index is 1390. The molecule has 0 unspecified atom stereocenters. The van der Waals surface area contributed by atoms with E-state index in [1.54, 1.807) is 36.4 Å². The van der Waals surface area contributed by atoms with Gasteiger partial charge >= 0.3 is 0 Å². The summed E-state index contributed by atoms with van der Waals surface area (Å²) in [7, 11) is 0. The Kier molecular flexibility index (Phi) is 5.91. The number of carbonyl (C=O) groups excluding carboxylic acids is 3. The molecule has 1 N–H and O–H groups in total. The summed E-state index contributed by atoms with van der Waals surface area (Å²) in [6.45, 7) is 5.14. The molecule has 2 aliphatic heterocycles. The predicted octanol–water partition coefficient (Wildman–Crippen LogP) is 4.94. The highest BCUT2D eigenvalue weighted by Gasteiger charge is 2.39. The molecule has 0 saturated carbocycles. The summed E-state index contributed by atoms with van der Waals surface area (Å²) in [6, 6.07) is 20.4. The molecule has 3 amide bonds. The van der Waals surface area contributed by atoms with E-state index in [1.807, 2.05) is 36.9 Å². The molecule has 0 fully saturated rings. The fourth-order valence-corrected chi connectivity index (χ4v) is 4.62. The van der Waals surface area contributed by atoms with Crippen LogP contribution < -0.4 is 10.2 Å². The lowest BCUT2D eigenvalue weighted by Gasteiger charge is -2.29. The van der Waals surface area contributed by atoms with Crippen molar-refractivity contribution in [3.63, 3.8) is 0 Å². The van der Waals surface area contributed by atoms with Crippen LogP contribution >= 0.6 is 11.6 Å². The van der Waals surface area contributed by atoms with Gasteiger partial charge in [-0.25, -0.2) is 4.90 Å². The maximum atomic E-state index is 13.0. The van der Waals surface area contributed by atoms with Gasteiger partial charge in [-0.2, -0.15) is 0 Å². The van der Waals surface area contributed by atoms with E-state index in [0.717, 1.165) is 22.4 Å². The molecule has 3 aromatic rings. The van der Waals surface area contributed by atoms with E-state index >= 15 is 0 Å². The first kappa shape index (κ1) is 22.9. The largest absolute Gasteiger partial charge is 0.350 e. The Morgan fingerprint density at radius 3 is 2.31 bits per heavy atom. The van der Waals surface area contributed by atoms with Gasteiger partial charge in [-0.05, 0) is 78.9 Å². The fourth-order valence-electron chi connectivity index (χ4n) is 4.40. The van der Waals surface area contributed by atoms with Crippen LogP contribution in [0.25, 0.3) is 0 Å². The second kappa shape index (κ2) is 9.04. The van der Waals surface area contributed by atoms with Gasteiger partial charge in [-0.15, -0.1) is 0 Å². The number of rotatable bonds is 4. The third-order valence-electron chi connectivity index (χ3n) is 6.60. The van der Waals surface area contributed by atoms with Gasteiger partial charge in [0.05, 0.1) is 5.69 Å². The van der Waals surface area contributed by atoms with Gasteiger partial charge in [-0.3, -0.25) is 14.4 Å². The maximum Gasteiger partial charge on any atom is 0.283 e. The molecule has 0 aliphatic carbocycles. The van der Waals surface area contributed by atoms with Crippen molar-refractivity contribution in [3.05, 3.63) is 105 Å². The van der Waals surface area contributed by atoms with Crippen LogP contribution in [0.1, 0.15) is 32.6 Å². The number of hydrogen-bond donors (Lipinski definition) is 1. The molecule has 0 spiro atoms. The molecule has 0 saturated heterocycles. The molecule has 7 heteroatoms. The van der Waals surface area contributed by atoms with E-state index in [-0.39, 0.29) is 16.6 Å². The number of amides is 3. The van der Waals surface area contributed by atoms with Crippen molar-refractivity contribution in [2.24, 2.45) is 0 Å². The van der Waals surface area contributed by atoms with Crippen LogP contribution in [-0.4, -0.2) is 29.2 Å². The summed E-state index contributed by atoms with van der Waals surface area (Å²) in [5.41, 5.74) is 6.09. The number of anilines is 2. The lowest BCUT2D eigenvalue weighted by molar-refractivity contribution is -0.120. The van der Waals surface area contributed by atoms with Crippen LogP contribution in [0.3, 0.4) is 0 Å². The molecule has 176 valence electrons. The van der Waals surface area contributed by atoms with Gasteiger partial charge in [0.25, 0.3) is 17.7 Å². The van der Waals surface area contributed by atoms with Gasteiger partial charge in [0.2, 0.25) is 0 Å². The fraction of sp³-hybridized carbons (Fsp3) is 0.179. The summed E-state index contributed by atoms with van der Waals surface area (Å²) in [5, 5.41) is 2.80. The number of fused-ring (bicyclic) bond motifs is 1. The first-order valence-electron chi connectivity index (χ1n) is 11.4. The zero-order chi connectivity index (χ0) is 24.7. The highest BCUT2D eigenvalue weighted by atomic mass is 35.5. The van der Waals surface area contributed by atoms with E-state index in [0.29, 0.717) is 30.0 Å². The Hall–Kier alpha value is -3.90. The highest BCUT2D eigenvalue weighted by Crippen LogP contribution is 2.31. The molecule has 0 atom stereocenters. The number of nitrogens with zero attached hydrogens (tertiary/aromatic N) is 2. The van der Waals surface area contributed by atoms with Crippen LogP contribution in [-0.2, 0) is 22.6 Å². The Balaban J connectivity index is 1.30. The van der Waals surface area contributed by atoms with Gasteiger partial charge in [-0.1, -0.05) is 41.9 Å². The minimum atomic E-state index is -0.570. The molecule has 3 aromatic carbocycles. The molecule has 6 nitrogen and oxygen atoms in total. The smallest absolute Gasteiger partial charge is 0.283 e. The molecule has 0 radical (unpaired) electrons. The van der Waals surface area contributed by atoms with Crippen molar-refractivity contribution in [1.29, 1.82) is 0 Å². The number of hydrogen-bond acceptors (Lipinski definition) is 4. The predicted molar refractivity (Wildman–Crippen MR) is 136 cm³/mol. The molecule has 0 aromatic heterocycles. The summed E-state index contributed by atoms with van der Waals surface area (Å²) >= 11 is 6.26. The average molecular weight is 486 g/mol. The maximum absolute atomic E-state index is 13.0. The van der Waals surface area contributed by atoms with E-state index < -0.39 is 11.8 Å². The Labute approximate surface area is 208 Å². The van der Waals surface area contributed by atoms with E-state index in [9.17, 15) is 14.4 Å². The van der Waals surface area contributed by atoms with Crippen LogP contribution in [0, 0.1) is 13.8 Å². The molecule has 0 bridgehead atoms. The SMILES string of the molecule is Cc1ccc(N2C(=O)C(Cl)=C(Nc3ccc(C(=O)N4CCc5ccccc5C4)cc3)C2=O)cc1C. The second-order valence-corrected chi connectivity index (χ2v) is 9.23. The summed E-state index contributed by atoms with van der Waals surface area (Å²) in [6.07, 6.45) is 0.835. The molecule has 5 rings (SSSR count). The quantitative estimate of drug-likeness (QED) is 0.531. The average Bonchev–Trinajstić information content (AvgIpc) is 3.08. The first-order valence-corrected chi connectivity index (χ1v) is 11.8. The molecular formula is C28H24ClN3O3. The summed E-state index contributed by atoms with van der Waals surface area (Å²) < 4.78 is 0. The van der Waals surface area contributed by atoms with Crippen LogP contribution in [0.5, 0.6) is 0 Å². The number of halogens is 1. The van der Waals surface area contributed by atoms with Gasteiger partial charge < -0.3 is 10.2 Å². The molecular weight excluding hydrogens is 462 g/mol. The number of aryl methyl sites for hydroxylation is 2. The number of nitrogens with one attached hydrogen (secondary N) is 1. The minimum absolute atomic E-state index is 0.0154. The van der Waals surface area contributed by atoms with E-state index in [4.69, 9.17) is 11.6 Å². The van der Waals surface area contributed by atoms with Crippen molar-refractivity contribution in [2.45, 2.75) is 26.8 Å². The standard InChI is InChI=1S/C28H24ClN3O3/c1-17-7-12-23(15-18(17)2)32-27(34)24(29)25(28(32)35)30-22-10-8-20(9-11-22)26(33)31-14-13-19-5-3-4-6-21(19)16-31/h3-12,15,30H,13-14,16H2,1-2H3. The third-order valence-corrected chi connectivity index (χ3v) is 6.95. The van der Waals surface area contributed by atoms with Crippen molar-refractivity contribution < 1.29 is 14.4 Å². The zero-order valence-corrected chi connectivity index (χ0v) is 20.2. The van der Waals surface area contributed by atoms with Crippen molar-refractivity contribution in [2.75, 3.05) is 16.8 Å².